The van der Waals surface area contributed by atoms with Crippen LogP contribution in [0.5, 0.6) is 0 Å². The van der Waals surface area contributed by atoms with Crippen molar-refractivity contribution >= 4 is 25.5 Å². The molecule has 0 N–H and O–H groups in total. The summed E-state index contributed by atoms with van der Waals surface area (Å²) in [6.07, 6.45) is 1.64. The maximum atomic E-state index is 13.1. The second kappa shape index (κ2) is 5.78. The molecule has 0 bridgehead atoms. The fourth-order valence-corrected chi connectivity index (χ4v) is 7.14. The van der Waals surface area contributed by atoms with Gasteiger partial charge in [0.15, 0.2) is 9.84 Å². The lowest BCUT2D eigenvalue weighted by Crippen LogP contribution is -2.42. The van der Waals surface area contributed by atoms with Crippen LogP contribution in [0.4, 0.5) is 5.69 Å². The van der Waals surface area contributed by atoms with Crippen LogP contribution in [-0.2, 0) is 19.9 Å². The van der Waals surface area contributed by atoms with E-state index in [9.17, 15) is 26.9 Å². The van der Waals surface area contributed by atoms with Gasteiger partial charge in [-0.15, -0.1) is 0 Å². The van der Waals surface area contributed by atoms with E-state index in [-0.39, 0.29) is 40.1 Å². The molecule has 8 nitrogen and oxygen atoms in total. The highest BCUT2D eigenvalue weighted by atomic mass is 32.2. The van der Waals surface area contributed by atoms with Crippen molar-refractivity contribution in [3.05, 3.63) is 33.9 Å². The van der Waals surface area contributed by atoms with E-state index in [0.29, 0.717) is 12.8 Å². The average Bonchev–Trinajstić information content (AvgIpc) is 3.22. The highest BCUT2D eigenvalue weighted by Gasteiger charge is 2.46. The Bertz CT molecular complexity index is 890. The third kappa shape index (κ3) is 3.05. The number of sulfonamides is 1. The molecule has 1 heterocycles. The molecule has 1 aromatic carbocycles. The highest BCUT2D eigenvalue weighted by molar-refractivity contribution is 7.92. The Morgan fingerprint density at radius 3 is 2.38 bits per heavy atom. The number of sulfone groups is 1. The molecule has 3 rings (SSSR count). The first-order valence-electron chi connectivity index (χ1n) is 7.61. The molecule has 1 aliphatic carbocycles. The van der Waals surface area contributed by atoms with E-state index in [1.807, 2.05) is 0 Å². The molecule has 1 atom stereocenters. The van der Waals surface area contributed by atoms with Crippen molar-refractivity contribution in [2.45, 2.75) is 43.2 Å². The smallest absolute Gasteiger partial charge is 0.258 e. The van der Waals surface area contributed by atoms with Crippen LogP contribution in [0.15, 0.2) is 23.1 Å². The van der Waals surface area contributed by atoms with Crippen molar-refractivity contribution in [3.63, 3.8) is 0 Å². The Hall–Kier alpha value is -1.52. The van der Waals surface area contributed by atoms with Crippen molar-refractivity contribution in [2.75, 3.05) is 11.5 Å². The van der Waals surface area contributed by atoms with Crippen molar-refractivity contribution in [1.82, 2.24) is 4.31 Å². The lowest BCUT2D eigenvalue weighted by atomic mass is 10.2. The van der Waals surface area contributed by atoms with E-state index < -0.39 is 30.8 Å². The molecular weight excluding hydrogens is 356 g/mol. The molecule has 132 valence electrons. The number of hydrogen-bond donors (Lipinski definition) is 0. The number of benzene rings is 1. The maximum Gasteiger partial charge on any atom is 0.273 e. The summed E-state index contributed by atoms with van der Waals surface area (Å²) in [5.41, 5.74) is -0.181. The largest absolute Gasteiger partial charge is 0.273 e. The summed E-state index contributed by atoms with van der Waals surface area (Å²) in [6, 6.07) is 3.14. The summed E-state index contributed by atoms with van der Waals surface area (Å²) >= 11 is 0. The highest BCUT2D eigenvalue weighted by Crippen LogP contribution is 2.38. The van der Waals surface area contributed by atoms with Gasteiger partial charge >= 0.3 is 0 Å². The number of rotatable bonds is 5. The van der Waals surface area contributed by atoms with Crippen LogP contribution in [0, 0.1) is 17.0 Å². The van der Waals surface area contributed by atoms with Crippen LogP contribution in [0.3, 0.4) is 0 Å². The van der Waals surface area contributed by atoms with Crippen LogP contribution in [-0.4, -0.2) is 49.7 Å². The molecule has 0 aromatic heterocycles. The number of hydrogen-bond acceptors (Lipinski definition) is 6. The lowest BCUT2D eigenvalue weighted by Gasteiger charge is -2.27. The molecule has 2 fully saturated rings. The predicted octanol–water partition coefficient (Wildman–Crippen LogP) is 1.24. The molecule has 1 saturated heterocycles. The van der Waals surface area contributed by atoms with Crippen LogP contribution in [0.1, 0.15) is 24.8 Å². The summed E-state index contributed by atoms with van der Waals surface area (Å²) < 4.78 is 51.0. The Balaban J connectivity index is 2.05. The minimum Gasteiger partial charge on any atom is -0.258 e. The van der Waals surface area contributed by atoms with Gasteiger partial charge in [0.1, 0.15) is 0 Å². The molecule has 0 radical (unpaired) electrons. The van der Waals surface area contributed by atoms with Gasteiger partial charge in [0.05, 0.1) is 21.3 Å². The number of nitro groups is 1. The minimum absolute atomic E-state index is 0.0235. The Morgan fingerprint density at radius 1 is 1.21 bits per heavy atom. The van der Waals surface area contributed by atoms with E-state index in [4.69, 9.17) is 0 Å². The quantitative estimate of drug-likeness (QED) is 0.566. The maximum absolute atomic E-state index is 13.1. The Morgan fingerprint density at radius 2 is 1.88 bits per heavy atom. The van der Waals surface area contributed by atoms with Crippen molar-refractivity contribution < 1.29 is 21.8 Å². The van der Waals surface area contributed by atoms with Crippen LogP contribution in [0.25, 0.3) is 0 Å². The van der Waals surface area contributed by atoms with Gasteiger partial charge in [-0.2, -0.15) is 4.31 Å². The molecule has 24 heavy (non-hydrogen) atoms. The first-order valence-corrected chi connectivity index (χ1v) is 10.9. The lowest BCUT2D eigenvalue weighted by molar-refractivity contribution is -0.385. The average molecular weight is 374 g/mol. The second-order valence-electron chi connectivity index (χ2n) is 6.28. The Labute approximate surface area is 140 Å². The zero-order chi connectivity index (χ0) is 17.7. The standard InChI is InChI=1S/C14H18N2O6S2/c1-10-13(16(17)18)3-2-4-14(10)24(21,22)15(11-5-6-11)12-7-8-23(19,20)9-12/h2-4,11-12H,5-9H2,1H3/t12-/m0/s1. The predicted molar refractivity (Wildman–Crippen MR) is 86.9 cm³/mol. The van der Waals surface area contributed by atoms with Crippen molar-refractivity contribution in [1.29, 1.82) is 0 Å². The van der Waals surface area contributed by atoms with Gasteiger partial charge in [-0.25, -0.2) is 16.8 Å². The molecule has 1 aliphatic heterocycles. The SMILES string of the molecule is Cc1c([N+](=O)[O-])cccc1S(=O)(=O)N(C1CC1)[C@H]1CCS(=O)(=O)C1. The minimum atomic E-state index is -3.99. The monoisotopic (exact) mass is 374 g/mol. The van der Waals surface area contributed by atoms with Gasteiger partial charge < -0.3 is 0 Å². The first kappa shape index (κ1) is 17.3. The second-order valence-corrected chi connectivity index (χ2v) is 10.3. The molecule has 0 spiro atoms. The van der Waals surface area contributed by atoms with E-state index in [2.05, 4.69) is 0 Å². The van der Waals surface area contributed by atoms with Gasteiger partial charge in [-0.05, 0) is 32.3 Å². The molecular formula is C14H18N2O6S2. The first-order chi connectivity index (χ1) is 11.1. The van der Waals surface area contributed by atoms with E-state index in [1.165, 1.54) is 29.4 Å². The van der Waals surface area contributed by atoms with Gasteiger partial charge in [-0.3, -0.25) is 10.1 Å². The molecule has 1 saturated carbocycles. The summed E-state index contributed by atoms with van der Waals surface area (Å²) in [5, 5.41) is 11.1. The van der Waals surface area contributed by atoms with Crippen LogP contribution in [0.2, 0.25) is 0 Å². The topological polar surface area (TPSA) is 115 Å². The summed E-state index contributed by atoms with van der Waals surface area (Å²) in [6.45, 7) is 1.40. The molecule has 0 amide bonds. The van der Waals surface area contributed by atoms with E-state index in [0.717, 1.165) is 0 Å². The molecule has 0 unspecified atom stereocenters. The zero-order valence-corrected chi connectivity index (χ0v) is 14.7. The fourth-order valence-electron chi connectivity index (χ4n) is 3.19. The molecule has 2 aliphatic rings. The Kier molecular flexibility index (Phi) is 4.17. The van der Waals surface area contributed by atoms with Gasteiger partial charge in [0.2, 0.25) is 10.0 Å². The zero-order valence-electron chi connectivity index (χ0n) is 13.1. The fraction of sp³-hybridized carbons (Fsp3) is 0.571. The van der Waals surface area contributed by atoms with Crippen molar-refractivity contribution in [2.24, 2.45) is 0 Å². The van der Waals surface area contributed by atoms with Gasteiger partial charge in [0.25, 0.3) is 5.69 Å². The van der Waals surface area contributed by atoms with Crippen LogP contribution >= 0.6 is 0 Å². The molecule has 1 aromatic rings. The number of nitro benzene ring substituents is 1. The van der Waals surface area contributed by atoms with Gasteiger partial charge in [0, 0.05) is 23.7 Å². The summed E-state index contributed by atoms with van der Waals surface area (Å²) in [7, 11) is -7.23. The van der Waals surface area contributed by atoms with E-state index in [1.54, 1.807) is 0 Å². The third-order valence-electron chi connectivity index (χ3n) is 4.48. The van der Waals surface area contributed by atoms with Crippen LogP contribution < -0.4 is 0 Å². The number of nitrogens with zero attached hydrogens (tertiary/aromatic N) is 2. The normalized spacial score (nSPS) is 23.5. The summed E-state index contributed by atoms with van der Waals surface area (Å²) in [4.78, 5) is 10.3. The summed E-state index contributed by atoms with van der Waals surface area (Å²) in [5.74, 6) is -0.207. The van der Waals surface area contributed by atoms with Crippen molar-refractivity contribution in [3.8, 4) is 0 Å². The van der Waals surface area contributed by atoms with E-state index >= 15 is 0 Å². The molecule has 10 heteroatoms. The third-order valence-corrected chi connectivity index (χ3v) is 8.38. The van der Waals surface area contributed by atoms with Gasteiger partial charge in [-0.1, -0.05) is 6.07 Å².